The Kier molecular flexibility index (Phi) is 8.18. The fourth-order valence-electron chi connectivity index (χ4n) is 5.54. The van der Waals surface area contributed by atoms with E-state index < -0.39 is 42.3 Å². The predicted octanol–water partition coefficient (Wildman–Crippen LogP) is 2.42. The lowest BCUT2D eigenvalue weighted by Gasteiger charge is -2.35. The van der Waals surface area contributed by atoms with E-state index in [-0.39, 0.29) is 24.3 Å². The molecule has 4 rings (SSSR count). The highest BCUT2D eigenvalue weighted by molar-refractivity contribution is 5.99. The first-order valence-electron chi connectivity index (χ1n) is 13.1. The molecule has 0 radical (unpaired) electrons. The SMILES string of the molecule is CCN1CCN(c2ccc(C(=O)NC(CC(C)(C)C)C(=O)N3C[C@@H](C(F)F)[C@H]4OCC(=O)[C@H]43)cc2)CC1. The summed E-state index contributed by atoms with van der Waals surface area (Å²) in [5, 5.41) is 2.83. The number of likely N-dealkylation sites (N-methyl/N-ethyl adjacent to an activating group) is 1. The van der Waals surface area contributed by atoms with E-state index in [1.54, 1.807) is 12.1 Å². The molecule has 3 fully saturated rings. The molecule has 0 aromatic heterocycles. The third-order valence-electron chi connectivity index (χ3n) is 7.57. The molecule has 3 aliphatic rings. The van der Waals surface area contributed by atoms with Crippen molar-refractivity contribution in [1.29, 1.82) is 0 Å². The van der Waals surface area contributed by atoms with Gasteiger partial charge in [-0.15, -0.1) is 0 Å². The highest BCUT2D eigenvalue weighted by atomic mass is 19.3. The van der Waals surface area contributed by atoms with Crippen molar-refractivity contribution in [2.45, 2.75) is 58.7 Å². The minimum Gasteiger partial charge on any atom is -0.369 e. The summed E-state index contributed by atoms with van der Waals surface area (Å²) in [6.45, 7) is 12.3. The Morgan fingerprint density at radius 2 is 1.76 bits per heavy atom. The van der Waals surface area contributed by atoms with Gasteiger partial charge in [-0.3, -0.25) is 14.4 Å². The normalized spacial score (nSPS) is 25.5. The molecule has 10 heteroatoms. The molecular weight excluding hydrogens is 482 g/mol. The van der Waals surface area contributed by atoms with Crippen molar-refractivity contribution in [3.63, 3.8) is 0 Å². The van der Waals surface area contributed by atoms with Crippen LogP contribution in [-0.2, 0) is 14.3 Å². The van der Waals surface area contributed by atoms with Gasteiger partial charge < -0.3 is 24.8 Å². The Bertz CT molecular complexity index is 989. The Morgan fingerprint density at radius 3 is 2.32 bits per heavy atom. The van der Waals surface area contributed by atoms with Gasteiger partial charge in [-0.2, -0.15) is 0 Å². The van der Waals surface area contributed by atoms with Gasteiger partial charge in [0.15, 0.2) is 5.78 Å². The summed E-state index contributed by atoms with van der Waals surface area (Å²) in [5.41, 5.74) is 1.11. The van der Waals surface area contributed by atoms with Crippen molar-refractivity contribution in [1.82, 2.24) is 15.1 Å². The average Bonchev–Trinajstić information content (AvgIpc) is 3.43. The first kappa shape index (κ1) is 27.4. The summed E-state index contributed by atoms with van der Waals surface area (Å²) >= 11 is 0. The molecule has 0 saturated carbocycles. The number of nitrogens with zero attached hydrogens (tertiary/aromatic N) is 3. The zero-order valence-corrected chi connectivity index (χ0v) is 22.1. The standard InChI is InChI=1S/C27H38F2N4O4/c1-5-31-10-12-32(13-11-31)18-8-6-17(7-9-18)25(35)30-20(14-27(2,3)4)26(36)33-15-19(24(28)29)23-22(33)21(34)16-37-23/h6-9,19-20,22-24H,5,10-16H2,1-4H3,(H,30,35)/t19-,20?,22-,23-/m1/s1. The summed E-state index contributed by atoms with van der Waals surface area (Å²) < 4.78 is 32.6. The highest BCUT2D eigenvalue weighted by Crippen LogP contribution is 2.36. The fraction of sp³-hybridized carbons (Fsp3) is 0.667. The molecule has 37 heavy (non-hydrogen) atoms. The van der Waals surface area contributed by atoms with Crippen LogP contribution in [0.5, 0.6) is 0 Å². The number of ether oxygens (including phenoxy) is 1. The zero-order chi connectivity index (χ0) is 26.9. The summed E-state index contributed by atoms with van der Waals surface area (Å²) in [4.78, 5) is 45.1. The van der Waals surface area contributed by atoms with E-state index in [1.165, 1.54) is 4.90 Å². The first-order chi connectivity index (χ1) is 17.5. The number of anilines is 1. The van der Waals surface area contributed by atoms with Gasteiger partial charge in [-0.1, -0.05) is 27.7 Å². The molecule has 2 amide bonds. The molecular formula is C27H38F2N4O4. The summed E-state index contributed by atoms with van der Waals surface area (Å²) in [6, 6.07) is 5.30. The third-order valence-corrected chi connectivity index (χ3v) is 7.57. The van der Waals surface area contributed by atoms with Crippen LogP contribution < -0.4 is 10.2 Å². The number of alkyl halides is 2. The number of fused-ring (bicyclic) bond motifs is 1. The van der Waals surface area contributed by atoms with E-state index in [0.29, 0.717) is 12.0 Å². The molecule has 1 unspecified atom stereocenters. The number of ketones is 1. The van der Waals surface area contributed by atoms with Gasteiger partial charge in [0.2, 0.25) is 12.3 Å². The number of likely N-dealkylation sites (tertiary alicyclic amines) is 1. The van der Waals surface area contributed by atoms with E-state index in [4.69, 9.17) is 4.74 Å². The monoisotopic (exact) mass is 520 g/mol. The van der Waals surface area contributed by atoms with E-state index in [1.807, 2.05) is 32.9 Å². The number of halogens is 2. The van der Waals surface area contributed by atoms with Gasteiger partial charge >= 0.3 is 0 Å². The molecule has 8 nitrogen and oxygen atoms in total. The van der Waals surface area contributed by atoms with Crippen molar-refractivity contribution >= 4 is 23.3 Å². The lowest BCUT2D eigenvalue weighted by molar-refractivity contribution is -0.138. The topological polar surface area (TPSA) is 82.2 Å². The van der Waals surface area contributed by atoms with Crippen LogP contribution in [0.3, 0.4) is 0 Å². The number of Topliss-reactive ketones (excluding diaryl/α,β-unsaturated/α-hetero) is 1. The van der Waals surface area contributed by atoms with Crippen LogP contribution >= 0.6 is 0 Å². The molecule has 3 heterocycles. The lowest BCUT2D eigenvalue weighted by atomic mass is 9.87. The van der Waals surface area contributed by atoms with E-state index >= 15 is 0 Å². The van der Waals surface area contributed by atoms with Gasteiger partial charge in [0.1, 0.15) is 18.7 Å². The second kappa shape index (κ2) is 11.0. The van der Waals surface area contributed by atoms with Crippen molar-refractivity contribution in [2.24, 2.45) is 11.3 Å². The summed E-state index contributed by atoms with van der Waals surface area (Å²) in [5.74, 6) is -2.54. The van der Waals surface area contributed by atoms with Gasteiger partial charge in [-0.05, 0) is 42.6 Å². The van der Waals surface area contributed by atoms with Crippen LogP contribution in [0.25, 0.3) is 0 Å². The molecule has 0 bridgehead atoms. The lowest BCUT2D eigenvalue weighted by Crippen LogP contribution is -2.53. The van der Waals surface area contributed by atoms with Crippen LogP contribution in [0.4, 0.5) is 14.5 Å². The Morgan fingerprint density at radius 1 is 1.11 bits per heavy atom. The number of nitrogens with one attached hydrogen (secondary N) is 1. The van der Waals surface area contributed by atoms with Crippen molar-refractivity contribution in [3.05, 3.63) is 29.8 Å². The summed E-state index contributed by atoms with van der Waals surface area (Å²) in [7, 11) is 0. The van der Waals surface area contributed by atoms with Crippen LogP contribution in [0, 0.1) is 11.3 Å². The molecule has 0 spiro atoms. The quantitative estimate of drug-likeness (QED) is 0.595. The van der Waals surface area contributed by atoms with Gasteiger partial charge in [0.05, 0.1) is 12.0 Å². The minimum absolute atomic E-state index is 0.270. The van der Waals surface area contributed by atoms with Crippen LogP contribution in [-0.4, -0.2) is 97.9 Å². The molecule has 3 saturated heterocycles. The Labute approximate surface area is 217 Å². The van der Waals surface area contributed by atoms with Crippen molar-refractivity contribution < 1.29 is 27.9 Å². The molecule has 0 aliphatic carbocycles. The van der Waals surface area contributed by atoms with E-state index in [0.717, 1.165) is 38.4 Å². The molecule has 1 aromatic rings. The number of carbonyl (C=O) groups excluding carboxylic acids is 3. The smallest absolute Gasteiger partial charge is 0.251 e. The maximum absolute atomic E-state index is 13.6. The van der Waals surface area contributed by atoms with E-state index in [2.05, 4.69) is 22.0 Å². The number of piperazine rings is 1. The molecule has 204 valence electrons. The molecule has 1 aromatic carbocycles. The first-order valence-corrected chi connectivity index (χ1v) is 13.1. The fourth-order valence-corrected chi connectivity index (χ4v) is 5.54. The highest BCUT2D eigenvalue weighted by Gasteiger charge is 2.55. The third kappa shape index (κ3) is 6.12. The van der Waals surface area contributed by atoms with Crippen LogP contribution in [0.1, 0.15) is 44.5 Å². The predicted molar refractivity (Wildman–Crippen MR) is 136 cm³/mol. The maximum atomic E-state index is 13.6. The number of amides is 2. The number of hydrogen-bond acceptors (Lipinski definition) is 6. The Hall–Kier alpha value is -2.59. The number of hydrogen-bond donors (Lipinski definition) is 1. The van der Waals surface area contributed by atoms with E-state index in [9.17, 15) is 23.2 Å². The van der Waals surface area contributed by atoms with Crippen molar-refractivity contribution in [3.8, 4) is 0 Å². The van der Waals surface area contributed by atoms with Gasteiger partial charge in [0, 0.05) is 44.0 Å². The second-order valence-electron chi connectivity index (χ2n) is 11.4. The van der Waals surface area contributed by atoms with Gasteiger partial charge in [0.25, 0.3) is 5.91 Å². The number of rotatable bonds is 7. The van der Waals surface area contributed by atoms with Crippen molar-refractivity contribution in [2.75, 3.05) is 50.8 Å². The van der Waals surface area contributed by atoms with Crippen LogP contribution in [0.2, 0.25) is 0 Å². The number of benzene rings is 1. The molecule has 1 N–H and O–H groups in total. The maximum Gasteiger partial charge on any atom is 0.251 e. The minimum atomic E-state index is -2.71. The van der Waals surface area contributed by atoms with Crippen LogP contribution in [0.15, 0.2) is 24.3 Å². The largest absolute Gasteiger partial charge is 0.369 e. The molecule has 4 atom stereocenters. The average molecular weight is 521 g/mol. The second-order valence-corrected chi connectivity index (χ2v) is 11.4. The molecule has 3 aliphatic heterocycles. The van der Waals surface area contributed by atoms with Gasteiger partial charge in [-0.25, -0.2) is 8.78 Å². The Balaban J connectivity index is 1.47. The summed E-state index contributed by atoms with van der Waals surface area (Å²) in [6.07, 6.45) is -3.43. The number of carbonyl (C=O) groups is 3. The zero-order valence-electron chi connectivity index (χ0n) is 22.1.